The number of hydrogen-bond donors (Lipinski definition) is 2. The Morgan fingerprint density at radius 3 is 2.44 bits per heavy atom. The fourth-order valence-electron chi connectivity index (χ4n) is 3.00. The Labute approximate surface area is 165 Å². The van der Waals surface area contributed by atoms with Gasteiger partial charge in [-0.05, 0) is 40.2 Å². The van der Waals surface area contributed by atoms with Crippen LogP contribution >= 0.6 is 15.9 Å². The van der Waals surface area contributed by atoms with Crippen molar-refractivity contribution in [2.24, 2.45) is 0 Å². The number of nitrogens with two attached hydrogens (primary N) is 1. The molecule has 3 N–H and O–H groups in total. The highest BCUT2D eigenvalue weighted by Crippen LogP contribution is 2.29. The van der Waals surface area contributed by atoms with Gasteiger partial charge < -0.3 is 20.9 Å². The van der Waals surface area contributed by atoms with Gasteiger partial charge >= 0.3 is 0 Å². The number of halogens is 1. The summed E-state index contributed by atoms with van der Waals surface area (Å²) in [5.41, 5.74) is 6.87. The molecule has 0 atom stereocenters. The molecule has 1 aliphatic heterocycles. The minimum atomic E-state index is 0.522. The monoisotopic (exact) mass is 426 g/mol. The molecule has 0 aliphatic carbocycles. The van der Waals surface area contributed by atoms with Gasteiger partial charge in [0.25, 0.3) is 0 Å². The fourth-order valence-corrected chi connectivity index (χ4v) is 3.23. The number of aromatic nitrogens is 4. The van der Waals surface area contributed by atoms with Crippen molar-refractivity contribution in [1.29, 1.82) is 0 Å². The SMILES string of the molecule is Nc1c(Nc2ccc(Br)cn2)ncnc1N1CCN(c2ccccn2)CC1. The van der Waals surface area contributed by atoms with Crippen LogP contribution in [-0.4, -0.2) is 46.1 Å². The molecule has 8 nitrogen and oxygen atoms in total. The van der Waals surface area contributed by atoms with Crippen LogP contribution in [-0.2, 0) is 0 Å². The zero-order valence-corrected chi connectivity index (χ0v) is 16.2. The first-order chi connectivity index (χ1) is 13.2. The van der Waals surface area contributed by atoms with Gasteiger partial charge in [-0.25, -0.2) is 19.9 Å². The summed E-state index contributed by atoms with van der Waals surface area (Å²) in [5.74, 6) is 2.97. The van der Waals surface area contributed by atoms with E-state index in [1.807, 2.05) is 36.5 Å². The van der Waals surface area contributed by atoms with E-state index < -0.39 is 0 Å². The number of nitrogens with zero attached hydrogens (tertiary/aromatic N) is 6. The molecule has 0 amide bonds. The molecule has 4 heterocycles. The van der Waals surface area contributed by atoms with Crippen LogP contribution in [0.3, 0.4) is 0 Å². The van der Waals surface area contributed by atoms with Gasteiger partial charge in [0.2, 0.25) is 0 Å². The highest BCUT2D eigenvalue weighted by Gasteiger charge is 2.22. The van der Waals surface area contributed by atoms with Gasteiger partial charge in [-0.15, -0.1) is 0 Å². The molecule has 0 unspecified atom stereocenters. The molecule has 0 saturated carbocycles. The highest BCUT2D eigenvalue weighted by atomic mass is 79.9. The summed E-state index contributed by atoms with van der Waals surface area (Å²) in [7, 11) is 0. The van der Waals surface area contributed by atoms with Gasteiger partial charge in [-0.3, -0.25) is 0 Å². The summed E-state index contributed by atoms with van der Waals surface area (Å²) >= 11 is 3.38. The van der Waals surface area contributed by atoms with Crippen LogP contribution in [0, 0.1) is 0 Å². The van der Waals surface area contributed by atoms with Crippen molar-refractivity contribution in [2.45, 2.75) is 0 Å². The number of nitrogens with one attached hydrogen (secondary N) is 1. The minimum Gasteiger partial charge on any atom is -0.393 e. The van der Waals surface area contributed by atoms with Gasteiger partial charge in [-0.1, -0.05) is 6.07 Å². The van der Waals surface area contributed by atoms with E-state index in [2.05, 4.69) is 51.0 Å². The van der Waals surface area contributed by atoms with Crippen molar-refractivity contribution < 1.29 is 0 Å². The second-order valence-electron chi connectivity index (χ2n) is 6.11. The molecule has 4 rings (SSSR count). The van der Waals surface area contributed by atoms with Crippen LogP contribution in [0.2, 0.25) is 0 Å². The molecule has 9 heteroatoms. The van der Waals surface area contributed by atoms with Crippen molar-refractivity contribution >= 4 is 44.9 Å². The first-order valence-corrected chi connectivity index (χ1v) is 9.40. The first kappa shape index (κ1) is 17.5. The lowest BCUT2D eigenvalue weighted by Crippen LogP contribution is -2.47. The van der Waals surface area contributed by atoms with Crippen molar-refractivity contribution in [3.05, 3.63) is 53.5 Å². The number of anilines is 5. The number of hydrogen-bond acceptors (Lipinski definition) is 8. The molecule has 1 aliphatic rings. The first-order valence-electron chi connectivity index (χ1n) is 8.61. The largest absolute Gasteiger partial charge is 0.393 e. The summed E-state index contributed by atoms with van der Waals surface area (Å²) in [6.07, 6.45) is 5.06. The lowest BCUT2D eigenvalue weighted by Gasteiger charge is -2.36. The second kappa shape index (κ2) is 7.75. The molecular weight excluding hydrogens is 408 g/mol. The Morgan fingerprint density at radius 1 is 0.926 bits per heavy atom. The molecule has 0 bridgehead atoms. The standard InChI is InChI=1S/C18H19BrN8/c19-13-4-5-14(22-11-13)25-17-16(20)18(24-12-23-17)27-9-7-26(8-10-27)15-3-1-2-6-21-15/h1-6,11-12H,7-10,20H2,(H,22,23,24,25). The molecule has 3 aromatic rings. The van der Waals surface area contributed by atoms with E-state index in [0.717, 1.165) is 42.3 Å². The van der Waals surface area contributed by atoms with E-state index in [0.29, 0.717) is 17.3 Å². The van der Waals surface area contributed by atoms with Gasteiger partial charge in [0.05, 0.1) is 0 Å². The number of nitrogen functional groups attached to an aromatic ring is 1. The van der Waals surface area contributed by atoms with Crippen LogP contribution < -0.4 is 20.9 Å². The van der Waals surface area contributed by atoms with Gasteiger partial charge in [0.15, 0.2) is 11.6 Å². The minimum absolute atomic E-state index is 0.522. The summed E-state index contributed by atoms with van der Waals surface area (Å²) in [4.78, 5) is 21.8. The van der Waals surface area contributed by atoms with E-state index in [9.17, 15) is 0 Å². The van der Waals surface area contributed by atoms with Gasteiger partial charge in [-0.2, -0.15) is 0 Å². The molecular formula is C18H19BrN8. The highest BCUT2D eigenvalue weighted by molar-refractivity contribution is 9.10. The number of piperazine rings is 1. The molecule has 1 fully saturated rings. The summed E-state index contributed by atoms with van der Waals surface area (Å²) < 4.78 is 0.912. The quantitative estimate of drug-likeness (QED) is 0.656. The van der Waals surface area contributed by atoms with Crippen LogP contribution in [0.25, 0.3) is 0 Å². The average molecular weight is 427 g/mol. The number of pyridine rings is 2. The third kappa shape index (κ3) is 3.92. The Bertz CT molecular complexity index is 895. The zero-order chi connectivity index (χ0) is 18.6. The van der Waals surface area contributed by atoms with Crippen LogP contribution in [0.1, 0.15) is 0 Å². The summed E-state index contributed by atoms with van der Waals surface area (Å²) in [5, 5.41) is 3.16. The van der Waals surface area contributed by atoms with Gasteiger partial charge in [0.1, 0.15) is 23.7 Å². The smallest absolute Gasteiger partial charge is 0.160 e. The second-order valence-corrected chi connectivity index (χ2v) is 7.02. The summed E-state index contributed by atoms with van der Waals surface area (Å²) in [6.45, 7) is 3.34. The van der Waals surface area contributed by atoms with E-state index in [1.165, 1.54) is 6.33 Å². The zero-order valence-electron chi connectivity index (χ0n) is 14.6. The molecule has 0 spiro atoms. The van der Waals surface area contributed by atoms with Crippen molar-refractivity contribution in [1.82, 2.24) is 19.9 Å². The normalized spacial score (nSPS) is 14.3. The Balaban J connectivity index is 1.47. The maximum atomic E-state index is 6.35. The Kier molecular flexibility index (Phi) is 5.01. The van der Waals surface area contributed by atoms with Gasteiger partial charge in [0, 0.05) is 43.0 Å². The van der Waals surface area contributed by atoms with Crippen molar-refractivity contribution in [3.8, 4) is 0 Å². The third-order valence-electron chi connectivity index (χ3n) is 4.39. The van der Waals surface area contributed by atoms with E-state index in [4.69, 9.17) is 5.73 Å². The Morgan fingerprint density at radius 2 is 1.74 bits per heavy atom. The lowest BCUT2D eigenvalue weighted by atomic mass is 10.3. The fraction of sp³-hybridized carbons (Fsp3) is 0.222. The van der Waals surface area contributed by atoms with Crippen LogP contribution in [0.5, 0.6) is 0 Å². The molecule has 0 aromatic carbocycles. The molecule has 1 saturated heterocycles. The van der Waals surface area contributed by atoms with E-state index in [-0.39, 0.29) is 0 Å². The predicted molar refractivity (Wildman–Crippen MR) is 110 cm³/mol. The third-order valence-corrected chi connectivity index (χ3v) is 4.86. The van der Waals surface area contributed by atoms with Crippen molar-refractivity contribution in [2.75, 3.05) is 47.0 Å². The van der Waals surface area contributed by atoms with E-state index >= 15 is 0 Å². The van der Waals surface area contributed by atoms with Crippen LogP contribution in [0.15, 0.2) is 53.5 Å². The maximum absolute atomic E-state index is 6.35. The summed E-state index contributed by atoms with van der Waals surface area (Å²) in [6, 6.07) is 9.73. The average Bonchev–Trinajstić information content (AvgIpc) is 2.72. The maximum Gasteiger partial charge on any atom is 0.160 e. The molecule has 0 radical (unpaired) electrons. The lowest BCUT2D eigenvalue weighted by molar-refractivity contribution is 0.642. The molecule has 3 aromatic heterocycles. The van der Waals surface area contributed by atoms with E-state index in [1.54, 1.807) is 6.20 Å². The predicted octanol–water partition coefficient (Wildman–Crippen LogP) is 2.68. The number of rotatable bonds is 4. The van der Waals surface area contributed by atoms with Crippen LogP contribution in [0.4, 0.5) is 29.0 Å². The van der Waals surface area contributed by atoms with Crippen molar-refractivity contribution in [3.63, 3.8) is 0 Å². The Hall–Kier alpha value is -2.94. The molecule has 138 valence electrons. The topological polar surface area (TPSA) is 96.1 Å². The molecule has 27 heavy (non-hydrogen) atoms.